The molecule has 0 aliphatic heterocycles. The summed E-state index contributed by atoms with van der Waals surface area (Å²) in [4.78, 5) is 38.0. The second kappa shape index (κ2) is 59.8. The van der Waals surface area contributed by atoms with E-state index in [4.69, 9.17) is 14.2 Å². The predicted octanol–water partition coefficient (Wildman–Crippen LogP) is 20.0. The second-order valence-corrected chi connectivity index (χ2v) is 18.8. The van der Waals surface area contributed by atoms with Crippen molar-refractivity contribution >= 4 is 17.9 Å². The highest BCUT2D eigenvalue weighted by atomic mass is 16.6. The Bertz CT molecular complexity index is 1630. The molecular formula is C67H106O6. The number of esters is 3. The van der Waals surface area contributed by atoms with Crippen molar-refractivity contribution in [3.05, 3.63) is 146 Å². The maximum Gasteiger partial charge on any atom is 0.306 e. The fourth-order valence-corrected chi connectivity index (χ4v) is 7.51. The molecule has 1 atom stereocenters. The minimum atomic E-state index is -0.802. The zero-order chi connectivity index (χ0) is 52.9. The molecule has 0 aliphatic carbocycles. The van der Waals surface area contributed by atoms with E-state index in [2.05, 4.69) is 167 Å². The van der Waals surface area contributed by atoms with Gasteiger partial charge in [-0.05, 0) is 122 Å². The number of carbonyl (C=O) groups excluding carboxylic acids is 3. The van der Waals surface area contributed by atoms with Crippen LogP contribution in [-0.4, -0.2) is 37.2 Å². The van der Waals surface area contributed by atoms with Crippen LogP contribution >= 0.6 is 0 Å². The summed E-state index contributed by atoms with van der Waals surface area (Å²) >= 11 is 0. The third-order valence-electron chi connectivity index (χ3n) is 11.8. The van der Waals surface area contributed by atoms with Crippen LogP contribution in [0.4, 0.5) is 0 Å². The first-order chi connectivity index (χ1) is 36.0. The van der Waals surface area contributed by atoms with E-state index in [1.807, 2.05) is 0 Å². The highest BCUT2D eigenvalue weighted by Gasteiger charge is 2.19. The lowest BCUT2D eigenvalue weighted by atomic mass is 10.1. The standard InChI is InChI=1S/C67H106O6/c1-4-7-10-13-16-18-20-22-24-26-28-30-32-33-35-36-38-40-42-44-46-48-51-54-57-60-66(69)72-63-64(62-71-65(68)59-56-53-50-15-12-9-6-3)73-67(70)61-58-55-52-49-47-45-43-41-39-37-34-31-29-27-25-23-21-19-17-14-11-8-5-2/h7-8,10-11,16-19,22-25,28-31,33,35,37-40,43,45,64H,4-6,9,12-15,20-21,26-27,32,34,36,41-42,44,46-63H2,1-3H3/b10-7-,11-8-,18-16-,19-17-,24-22-,25-23-,30-28-,31-29-,35-33-,39-37-,40-38-,45-43-. The molecule has 0 aromatic carbocycles. The van der Waals surface area contributed by atoms with Gasteiger partial charge in [0.05, 0.1) is 0 Å². The van der Waals surface area contributed by atoms with Crippen molar-refractivity contribution in [3.8, 4) is 0 Å². The Morgan fingerprint density at radius 1 is 0.288 bits per heavy atom. The summed E-state index contributed by atoms with van der Waals surface area (Å²) in [6, 6.07) is 0. The smallest absolute Gasteiger partial charge is 0.306 e. The highest BCUT2D eigenvalue weighted by Crippen LogP contribution is 2.13. The van der Waals surface area contributed by atoms with E-state index < -0.39 is 6.10 Å². The van der Waals surface area contributed by atoms with Crippen LogP contribution < -0.4 is 0 Å². The molecule has 0 amide bonds. The Hall–Kier alpha value is -4.71. The number of hydrogen-bond acceptors (Lipinski definition) is 6. The SMILES string of the molecule is CC/C=C\C/C=C\C/C=C\C/C=C\C/C=C\C/C=C\CCCCCCCCC(=O)OCC(COC(=O)CCCCCCCCC)OC(=O)CCCCCC/C=C\C/C=C\C/C=C\C/C=C\C/C=C\C/C=C\CC. The fourth-order valence-electron chi connectivity index (χ4n) is 7.51. The number of hydrogen-bond donors (Lipinski definition) is 0. The van der Waals surface area contributed by atoms with Crippen molar-refractivity contribution in [2.24, 2.45) is 0 Å². The molecule has 0 aliphatic rings. The van der Waals surface area contributed by atoms with Crippen LogP contribution in [0, 0.1) is 0 Å². The zero-order valence-corrected chi connectivity index (χ0v) is 46.8. The van der Waals surface area contributed by atoms with Gasteiger partial charge in [-0.3, -0.25) is 14.4 Å². The van der Waals surface area contributed by atoms with Crippen LogP contribution in [0.3, 0.4) is 0 Å². The van der Waals surface area contributed by atoms with Crippen LogP contribution in [0.2, 0.25) is 0 Å². The molecule has 0 radical (unpaired) electrons. The number of unbranched alkanes of at least 4 members (excludes halogenated alkanes) is 16. The van der Waals surface area contributed by atoms with Crippen LogP contribution in [0.15, 0.2) is 146 Å². The van der Waals surface area contributed by atoms with Gasteiger partial charge in [-0.2, -0.15) is 0 Å². The highest BCUT2D eigenvalue weighted by molar-refractivity contribution is 5.71. The van der Waals surface area contributed by atoms with Gasteiger partial charge in [-0.15, -0.1) is 0 Å². The van der Waals surface area contributed by atoms with Gasteiger partial charge in [0.2, 0.25) is 0 Å². The molecule has 6 heteroatoms. The van der Waals surface area contributed by atoms with E-state index in [-0.39, 0.29) is 37.5 Å². The Morgan fingerprint density at radius 3 is 0.836 bits per heavy atom. The van der Waals surface area contributed by atoms with E-state index in [1.54, 1.807) is 0 Å². The van der Waals surface area contributed by atoms with Gasteiger partial charge in [0.15, 0.2) is 6.10 Å². The van der Waals surface area contributed by atoms with Gasteiger partial charge < -0.3 is 14.2 Å². The lowest BCUT2D eigenvalue weighted by molar-refractivity contribution is -0.167. The first kappa shape index (κ1) is 68.3. The molecule has 0 saturated carbocycles. The Balaban J connectivity index is 4.32. The first-order valence-corrected chi connectivity index (χ1v) is 29.3. The summed E-state index contributed by atoms with van der Waals surface area (Å²) in [5, 5.41) is 0. The average molecular weight is 1010 g/mol. The molecule has 0 aromatic rings. The Kier molecular flexibility index (Phi) is 56.0. The number of carbonyl (C=O) groups is 3. The molecule has 0 rings (SSSR count). The molecule has 0 N–H and O–H groups in total. The summed E-state index contributed by atoms with van der Waals surface area (Å²) in [5.74, 6) is -0.952. The molecule has 0 spiro atoms. The maximum atomic E-state index is 12.8. The van der Waals surface area contributed by atoms with Crippen LogP contribution in [0.25, 0.3) is 0 Å². The summed E-state index contributed by atoms with van der Waals surface area (Å²) in [6.45, 7) is 6.32. The van der Waals surface area contributed by atoms with Crippen molar-refractivity contribution in [1.82, 2.24) is 0 Å². The molecular weight excluding hydrogens is 901 g/mol. The molecule has 410 valence electrons. The Labute approximate surface area is 448 Å². The summed E-state index contributed by atoms with van der Waals surface area (Å²) in [7, 11) is 0. The molecule has 6 nitrogen and oxygen atoms in total. The maximum absolute atomic E-state index is 12.8. The monoisotopic (exact) mass is 1010 g/mol. The topological polar surface area (TPSA) is 78.9 Å². The van der Waals surface area contributed by atoms with Gasteiger partial charge >= 0.3 is 17.9 Å². The minimum absolute atomic E-state index is 0.0983. The fraction of sp³-hybridized carbons (Fsp3) is 0.597. The second-order valence-electron chi connectivity index (χ2n) is 18.8. The van der Waals surface area contributed by atoms with E-state index >= 15 is 0 Å². The average Bonchev–Trinajstić information content (AvgIpc) is 3.39. The van der Waals surface area contributed by atoms with E-state index in [1.165, 1.54) is 38.5 Å². The van der Waals surface area contributed by atoms with Crippen molar-refractivity contribution in [1.29, 1.82) is 0 Å². The van der Waals surface area contributed by atoms with Gasteiger partial charge in [-0.1, -0.05) is 244 Å². The zero-order valence-electron chi connectivity index (χ0n) is 46.8. The predicted molar refractivity (Wildman–Crippen MR) is 315 cm³/mol. The first-order valence-electron chi connectivity index (χ1n) is 29.3. The summed E-state index contributed by atoms with van der Waals surface area (Å²) in [6.07, 6.45) is 85.7. The molecule has 0 fully saturated rings. The van der Waals surface area contributed by atoms with Crippen molar-refractivity contribution in [3.63, 3.8) is 0 Å². The molecule has 1 unspecified atom stereocenters. The van der Waals surface area contributed by atoms with Gasteiger partial charge in [0, 0.05) is 19.3 Å². The van der Waals surface area contributed by atoms with E-state index in [0.29, 0.717) is 12.8 Å². The molecule has 0 aromatic heterocycles. The summed E-state index contributed by atoms with van der Waals surface area (Å²) < 4.78 is 16.8. The Morgan fingerprint density at radius 2 is 0.534 bits per heavy atom. The van der Waals surface area contributed by atoms with Crippen LogP contribution in [0.1, 0.15) is 239 Å². The van der Waals surface area contributed by atoms with E-state index in [9.17, 15) is 14.4 Å². The largest absolute Gasteiger partial charge is 0.462 e. The minimum Gasteiger partial charge on any atom is -0.462 e. The molecule has 0 bridgehead atoms. The summed E-state index contributed by atoms with van der Waals surface area (Å²) in [5.41, 5.74) is 0. The van der Waals surface area contributed by atoms with Crippen molar-refractivity contribution < 1.29 is 28.6 Å². The quantitative estimate of drug-likeness (QED) is 0.0261. The third-order valence-corrected chi connectivity index (χ3v) is 11.8. The van der Waals surface area contributed by atoms with Crippen LogP contribution in [0.5, 0.6) is 0 Å². The number of ether oxygens (including phenoxy) is 3. The normalized spacial score (nSPS) is 13.2. The molecule has 73 heavy (non-hydrogen) atoms. The van der Waals surface area contributed by atoms with Crippen molar-refractivity contribution in [2.75, 3.05) is 13.2 Å². The lowest BCUT2D eigenvalue weighted by Crippen LogP contribution is -2.30. The van der Waals surface area contributed by atoms with Gasteiger partial charge in [0.1, 0.15) is 13.2 Å². The van der Waals surface area contributed by atoms with Gasteiger partial charge in [-0.25, -0.2) is 0 Å². The van der Waals surface area contributed by atoms with Crippen LogP contribution in [-0.2, 0) is 28.6 Å². The van der Waals surface area contributed by atoms with E-state index in [0.717, 1.165) is 161 Å². The molecule has 0 saturated heterocycles. The molecule has 0 heterocycles. The number of rotatable bonds is 51. The third kappa shape index (κ3) is 58.1. The van der Waals surface area contributed by atoms with Gasteiger partial charge in [0.25, 0.3) is 0 Å². The lowest BCUT2D eigenvalue weighted by Gasteiger charge is -2.18. The number of allylic oxidation sites excluding steroid dienone is 24. The van der Waals surface area contributed by atoms with Crippen molar-refractivity contribution in [2.45, 2.75) is 245 Å².